The third-order valence-electron chi connectivity index (χ3n) is 3.50. The second kappa shape index (κ2) is 8.34. The van der Waals surface area contributed by atoms with Crippen molar-refractivity contribution in [1.29, 1.82) is 0 Å². The molecule has 0 heterocycles. The van der Waals surface area contributed by atoms with Gasteiger partial charge in [0.2, 0.25) is 5.91 Å². The van der Waals surface area contributed by atoms with Crippen molar-refractivity contribution >= 4 is 44.9 Å². The molecule has 3 N–H and O–H groups in total. The van der Waals surface area contributed by atoms with Gasteiger partial charge in [-0.3, -0.25) is 4.79 Å². The number of amides is 1. The second-order valence-corrected chi connectivity index (χ2v) is 6.45. The number of carbonyl (C=O) groups excluding carboxylic acids is 1. The molecule has 0 radical (unpaired) electrons. The molecule has 0 saturated heterocycles. The Kier molecular flexibility index (Phi) is 6.45. The highest BCUT2D eigenvalue weighted by Gasteiger charge is 2.14. The zero-order chi connectivity index (χ0) is 15.1. The summed E-state index contributed by atoms with van der Waals surface area (Å²) in [6, 6.07) is 7.97. The Morgan fingerprint density at radius 2 is 1.95 bits per heavy atom. The lowest BCUT2D eigenvalue weighted by molar-refractivity contribution is -0.115. The SMILES string of the molecule is O=C(CNC(=S)NC1CCCCC1)Nc1ccccc1Br. The van der Waals surface area contributed by atoms with Crippen LogP contribution in [0.3, 0.4) is 0 Å². The molecule has 6 heteroatoms. The van der Waals surface area contributed by atoms with Crippen molar-refractivity contribution in [3.63, 3.8) is 0 Å². The van der Waals surface area contributed by atoms with Crippen molar-refractivity contribution < 1.29 is 4.79 Å². The maximum Gasteiger partial charge on any atom is 0.243 e. The molecule has 1 fully saturated rings. The van der Waals surface area contributed by atoms with Crippen molar-refractivity contribution in [3.8, 4) is 0 Å². The van der Waals surface area contributed by atoms with Gasteiger partial charge in [-0.05, 0) is 53.1 Å². The molecule has 4 nitrogen and oxygen atoms in total. The van der Waals surface area contributed by atoms with E-state index in [1.165, 1.54) is 19.3 Å². The lowest BCUT2D eigenvalue weighted by Crippen LogP contribution is -2.45. The zero-order valence-corrected chi connectivity index (χ0v) is 14.2. The van der Waals surface area contributed by atoms with E-state index in [1.807, 2.05) is 24.3 Å². The summed E-state index contributed by atoms with van der Waals surface area (Å²) in [7, 11) is 0. The Labute approximate surface area is 139 Å². The molecule has 114 valence electrons. The number of nitrogens with one attached hydrogen (secondary N) is 3. The van der Waals surface area contributed by atoms with Crippen LogP contribution < -0.4 is 16.0 Å². The minimum Gasteiger partial charge on any atom is -0.360 e. The molecule has 0 aromatic heterocycles. The Morgan fingerprint density at radius 1 is 1.24 bits per heavy atom. The predicted molar refractivity (Wildman–Crippen MR) is 93.4 cm³/mol. The highest BCUT2D eigenvalue weighted by atomic mass is 79.9. The largest absolute Gasteiger partial charge is 0.360 e. The molecule has 1 saturated carbocycles. The molecule has 1 amide bonds. The van der Waals surface area contributed by atoms with Crippen LogP contribution in [0.15, 0.2) is 28.7 Å². The molecule has 21 heavy (non-hydrogen) atoms. The van der Waals surface area contributed by atoms with Gasteiger partial charge >= 0.3 is 0 Å². The van der Waals surface area contributed by atoms with E-state index in [4.69, 9.17) is 12.2 Å². The Balaban J connectivity index is 1.71. The zero-order valence-electron chi connectivity index (χ0n) is 11.8. The van der Waals surface area contributed by atoms with E-state index in [0.29, 0.717) is 11.2 Å². The van der Waals surface area contributed by atoms with Gasteiger partial charge in [0.15, 0.2) is 5.11 Å². The Morgan fingerprint density at radius 3 is 2.67 bits per heavy atom. The number of para-hydroxylation sites is 1. The topological polar surface area (TPSA) is 53.2 Å². The monoisotopic (exact) mass is 369 g/mol. The lowest BCUT2D eigenvalue weighted by Gasteiger charge is -2.24. The van der Waals surface area contributed by atoms with Gasteiger partial charge in [0, 0.05) is 10.5 Å². The van der Waals surface area contributed by atoms with Crippen molar-refractivity contribution in [3.05, 3.63) is 28.7 Å². The van der Waals surface area contributed by atoms with Crippen LogP contribution in [0.4, 0.5) is 5.69 Å². The number of thiocarbonyl (C=S) groups is 1. The number of halogens is 1. The van der Waals surface area contributed by atoms with Crippen LogP contribution in [0, 0.1) is 0 Å². The smallest absolute Gasteiger partial charge is 0.243 e. The van der Waals surface area contributed by atoms with Crippen molar-refractivity contribution in [2.75, 3.05) is 11.9 Å². The van der Waals surface area contributed by atoms with E-state index in [2.05, 4.69) is 31.9 Å². The minimum absolute atomic E-state index is 0.116. The van der Waals surface area contributed by atoms with E-state index in [9.17, 15) is 4.79 Å². The summed E-state index contributed by atoms with van der Waals surface area (Å²) in [6.45, 7) is 0.167. The first kappa shape index (κ1) is 16.2. The fourth-order valence-corrected chi connectivity index (χ4v) is 3.02. The first-order chi connectivity index (χ1) is 10.1. The molecule has 1 aromatic rings. The van der Waals surface area contributed by atoms with Crippen LogP contribution >= 0.6 is 28.1 Å². The molecule has 1 aliphatic rings. The van der Waals surface area contributed by atoms with Gasteiger partial charge in [-0.15, -0.1) is 0 Å². The molecular formula is C15H20BrN3OS. The predicted octanol–water partition coefficient (Wildman–Crippen LogP) is 3.18. The summed E-state index contributed by atoms with van der Waals surface area (Å²) in [4.78, 5) is 11.9. The standard InChI is InChI=1S/C15H20BrN3OS/c16-12-8-4-5-9-13(12)19-14(20)10-17-15(21)18-11-6-2-1-3-7-11/h4-5,8-9,11H,1-3,6-7,10H2,(H,19,20)(H2,17,18,21). The molecule has 1 aromatic carbocycles. The molecular weight excluding hydrogens is 350 g/mol. The van der Waals surface area contributed by atoms with Crippen molar-refractivity contribution in [2.24, 2.45) is 0 Å². The van der Waals surface area contributed by atoms with Crippen LogP contribution in [0.1, 0.15) is 32.1 Å². The van der Waals surface area contributed by atoms with Gasteiger partial charge in [0.05, 0.1) is 12.2 Å². The van der Waals surface area contributed by atoms with Gasteiger partial charge in [-0.1, -0.05) is 31.4 Å². The van der Waals surface area contributed by atoms with E-state index in [0.717, 1.165) is 23.0 Å². The summed E-state index contributed by atoms with van der Waals surface area (Å²) in [5.41, 5.74) is 0.760. The van der Waals surface area contributed by atoms with Crippen LogP contribution in [0.2, 0.25) is 0 Å². The molecule has 1 aliphatic carbocycles. The highest BCUT2D eigenvalue weighted by Crippen LogP contribution is 2.20. The van der Waals surface area contributed by atoms with E-state index in [1.54, 1.807) is 0 Å². The summed E-state index contributed by atoms with van der Waals surface area (Å²) >= 11 is 8.63. The van der Waals surface area contributed by atoms with Crippen molar-refractivity contribution in [1.82, 2.24) is 10.6 Å². The van der Waals surface area contributed by atoms with Gasteiger partial charge in [-0.2, -0.15) is 0 Å². The summed E-state index contributed by atoms with van der Waals surface area (Å²) in [6.07, 6.45) is 6.13. The third kappa shape index (κ3) is 5.63. The van der Waals surface area contributed by atoms with E-state index >= 15 is 0 Å². The minimum atomic E-state index is -0.116. The molecule has 0 unspecified atom stereocenters. The maximum absolute atomic E-state index is 11.9. The number of benzene rings is 1. The molecule has 2 rings (SSSR count). The molecule has 0 bridgehead atoms. The average molecular weight is 370 g/mol. The molecule has 0 atom stereocenters. The van der Waals surface area contributed by atoms with Crippen LogP contribution in [-0.2, 0) is 4.79 Å². The summed E-state index contributed by atoms with van der Waals surface area (Å²) < 4.78 is 0.862. The normalized spacial score (nSPS) is 15.3. The van der Waals surface area contributed by atoms with Gasteiger partial charge < -0.3 is 16.0 Å². The molecule has 0 aliphatic heterocycles. The third-order valence-corrected chi connectivity index (χ3v) is 4.45. The first-order valence-electron chi connectivity index (χ1n) is 7.24. The fraction of sp³-hybridized carbons (Fsp3) is 0.467. The highest BCUT2D eigenvalue weighted by molar-refractivity contribution is 9.10. The van der Waals surface area contributed by atoms with E-state index in [-0.39, 0.29) is 12.5 Å². The Bertz CT molecular complexity index is 503. The van der Waals surface area contributed by atoms with Crippen molar-refractivity contribution in [2.45, 2.75) is 38.1 Å². The summed E-state index contributed by atoms with van der Waals surface area (Å²) in [5.74, 6) is -0.116. The fourth-order valence-electron chi connectivity index (χ4n) is 2.40. The van der Waals surface area contributed by atoms with Gasteiger partial charge in [0.25, 0.3) is 0 Å². The maximum atomic E-state index is 11.9. The first-order valence-corrected chi connectivity index (χ1v) is 8.44. The number of hydrogen-bond donors (Lipinski definition) is 3. The van der Waals surface area contributed by atoms with Gasteiger partial charge in [0.1, 0.15) is 0 Å². The number of hydrogen-bond acceptors (Lipinski definition) is 2. The average Bonchev–Trinajstić information content (AvgIpc) is 2.49. The van der Waals surface area contributed by atoms with Crippen LogP contribution in [-0.4, -0.2) is 23.6 Å². The summed E-state index contributed by atoms with van der Waals surface area (Å²) in [5, 5.41) is 9.64. The van der Waals surface area contributed by atoms with Crippen LogP contribution in [0.25, 0.3) is 0 Å². The number of anilines is 1. The van der Waals surface area contributed by atoms with Crippen LogP contribution in [0.5, 0.6) is 0 Å². The van der Waals surface area contributed by atoms with Gasteiger partial charge in [-0.25, -0.2) is 0 Å². The quantitative estimate of drug-likeness (QED) is 0.713. The Hall–Kier alpha value is -1.14. The number of carbonyl (C=O) groups is 1. The van der Waals surface area contributed by atoms with E-state index < -0.39 is 0 Å². The molecule has 0 spiro atoms. The second-order valence-electron chi connectivity index (χ2n) is 5.19. The lowest BCUT2D eigenvalue weighted by atomic mass is 9.96. The number of rotatable bonds is 4.